The first kappa shape index (κ1) is 17.3. The summed E-state index contributed by atoms with van der Waals surface area (Å²) in [4.78, 5) is 0. The van der Waals surface area contributed by atoms with Gasteiger partial charge < -0.3 is 18.9 Å². The molecule has 0 atom stereocenters. The van der Waals surface area contributed by atoms with Crippen LogP contribution in [-0.4, -0.2) is 49.6 Å². The molecule has 1 aromatic carbocycles. The molecule has 4 nitrogen and oxygen atoms in total. The van der Waals surface area contributed by atoms with E-state index < -0.39 is 8.56 Å². The molecule has 0 unspecified atom stereocenters. The Kier molecular flexibility index (Phi) is 8.72. The van der Waals surface area contributed by atoms with Crippen molar-refractivity contribution in [1.29, 1.82) is 0 Å². The SMILES string of the molecule is COCCNCCC[Si](Cc1ccccc1)(OC)OC. The highest BCUT2D eigenvalue weighted by molar-refractivity contribution is 6.66. The quantitative estimate of drug-likeness (QED) is 0.502. The third kappa shape index (κ3) is 6.15. The summed E-state index contributed by atoms with van der Waals surface area (Å²) in [6.07, 6.45) is 1.06. The zero-order chi connectivity index (χ0) is 14.7. The monoisotopic (exact) mass is 297 g/mol. The van der Waals surface area contributed by atoms with E-state index in [4.69, 9.17) is 13.6 Å². The maximum absolute atomic E-state index is 5.78. The van der Waals surface area contributed by atoms with Crippen molar-refractivity contribution in [3.63, 3.8) is 0 Å². The second-order valence-electron chi connectivity index (χ2n) is 4.83. The third-order valence-corrected chi connectivity index (χ3v) is 7.00. The van der Waals surface area contributed by atoms with Gasteiger partial charge in [0, 0.05) is 33.9 Å². The Hall–Kier alpha value is -0.723. The van der Waals surface area contributed by atoms with E-state index in [1.54, 1.807) is 21.3 Å². The molecule has 0 radical (unpaired) electrons. The van der Waals surface area contributed by atoms with Crippen molar-refractivity contribution in [3.8, 4) is 0 Å². The Balaban J connectivity index is 2.41. The fourth-order valence-electron chi connectivity index (χ4n) is 2.21. The zero-order valence-electron chi connectivity index (χ0n) is 12.9. The van der Waals surface area contributed by atoms with E-state index in [1.807, 2.05) is 6.07 Å². The summed E-state index contributed by atoms with van der Waals surface area (Å²) >= 11 is 0. The van der Waals surface area contributed by atoms with Crippen molar-refractivity contribution in [2.45, 2.75) is 18.5 Å². The molecule has 0 aliphatic carbocycles. The summed E-state index contributed by atoms with van der Waals surface area (Å²) in [7, 11) is 3.14. The van der Waals surface area contributed by atoms with Gasteiger partial charge in [-0.3, -0.25) is 0 Å². The van der Waals surface area contributed by atoms with Crippen LogP contribution in [0.2, 0.25) is 6.04 Å². The number of benzene rings is 1. The topological polar surface area (TPSA) is 39.7 Å². The molecule has 1 aromatic rings. The van der Waals surface area contributed by atoms with Gasteiger partial charge in [-0.05, 0) is 24.6 Å². The van der Waals surface area contributed by atoms with Crippen molar-refractivity contribution in [2.75, 3.05) is 41.0 Å². The fraction of sp³-hybridized carbons (Fsp3) is 0.600. The first-order valence-corrected chi connectivity index (χ1v) is 9.33. The third-order valence-electron chi connectivity index (χ3n) is 3.45. The van der Waals surface area contributed by atoms with Crippen molar-refractivity contribution >= 4 is 8.56 Å². The van der Waals surface area contributed by atoms with Gasteiger partial charge in [0.2, 0.25) is 0 Å². The van der Waals surface area contributed by atoms with Gasteiger partial charge in [0.05, 0.1) is 6.61 Å². The van der Waals surface area contributed by atoms with Crippen LogP contribution in [0.4, 0.5) is 0 Å². The smallest absolute Gasteiger partial charge is 0.342 e. The van der Waals surface area contributed by atoms with Crippen LogP contribution in [0.1, 0.15) is 12.0 Å². The molecular weight excluding hydrogens is 270 g/mol. The molecule has 20 heavy (non-hydrogen) atoms. The molecule has 0 fully saturated rings. The molecule has 0 aliphatic rings. The average Bonchev–Trinajstić information content (AvgIpc) is 2.50. The Labute approximate surface area is 123 Å². The van der Waals surface area contributed by atoms with Crippen LogP contribution in [-0.2, 0) is 19.6 Å². The van der Waals surface area contributed by atoms with E-state index in [0.29, 0.717) is 0 Å². The summed E-state index contributed by atoms with van der Waals surface area (Å²) in [6, 6.07) is 12.3. The summed E-state index contributed by atoms with van der Waals surface area (Å²) in [6.45, 7) is 2.62. The lowest BCUT2D eigenvalue weighted by atomic mass is 10.2. The van der Waals surface area contributed by atoms with Crippen molar-refractivity contribution in [1.82, 2.24) is 5.32 Å². The highest BCUT2D eigenvalue weighted by atomic mass is 28.4. The summed E-state index contributed by atoms with van der Waals surface area (Å²) in [5.74, 6) is 0. The number of nitrogens with one attached hydrogen (secondary N) is 1. The second kappa shape index (κ2) is 10.1. The van der Waals surface area contributed by atoms with E-state index in [9.17, 15) is 0 Å². The van der Waals surface area contributed by atoms with Gasteiger partial charge in [0.25, 0.3) is 0 Å². The van der Waals surface area contributed by atoms with Gasteiger partial charge in [-0.25, -0.2) is 0 Å². The van der Waals surface area contributed by atoms with Gasteiger partial charge in [0.1, 0.15) is 0 Å². The van der Waals surface area contributed by atoms with Crippen LogP contribution < -0.4 is 5.32 Å². The van der Waals surface area contributed by atoms with Gasteiger partial charge in [-0.15, -0.1) is 0 Å². The van der Waals surface area contributed by atoms with E-state index in [0.717, 1.165) is 38.2 Å². The van der Waals surface area contributed by atoms with Crippen molar-refractivity contribution in [2.24, 2.45) is 0 Å². The summed E-state index contributed by atoms with van der Waals surface area (Å²) < 4.78 is 16.6. The maximum Gasteiger partial charge on any atom is 0.342 e. The molecule has 0 aliphatic heterocycles. The minimum absolute atomic E-state index is 0.751. The lowest BCUT2D eigenvalue weighted by Crippen LogP contribution is -2.43. The van der Waals surface area contributed by atoms with Crippen LogP contribution in [0, 0.1) is 0 Å². The van der Waals surface area contributed by atoms with E-state index in [-0.39, 0.29) is 0 Å². The number of hydrogen-bond donors (Lipinski definition) is 1. The van der Waals surface area contributed by atoms with E-state index in [1.165, 1.54) is 5.56 Å². The highest BCUT2D eigenvalue weighted by Gasteiger charge is 2.34. The highest BCUT2D eigenvalue weighted by Crippen LogP contribution is 2.19. The second-order valence-corrected chi connectivity index (χ2v) is 8.32. The summed E-state index contributed by atoms with van der Waals surface area (Å²) in [5, 5.41) is 3.36. The first-order chi connectivity index (χ1) is 9.76. The molecule has 0 aromatic heterocycles. The molecule has 0 bridgehead atoms. The van der Waals surface area contributed by atoms with E-state index in [2.05, 4.69) is 29.6 Å². The minimum Gasteiger partial charge on any atom is -0.397 e. The normalized spacial score (nSPS) is 11.8. The van der Waals surface area contributed by atoms with Crippen LogP contribution in [0.25, 0.3) is 0 Å². The molecule has 0 saturated carbocycles. The molecule has 0 spiro atoms. The predicted molar refractivity (Wildman–Crippen MR) is 84.1 cm³/mol. The fourth-order valence-corrected chi connectivity index (χ4v) is 4.82. The van der Waals surface area contributed by atoms with Gasteiger partial charge >= 0.3 is 8.56 Å². The molecule has 0 saturated heterocycles. The van der Waals surface area contributed by atoms with Crippen LogP contribution in [0.3, 0.4) is 0 Å². The van der Waals surface area contributed by atoms with Crippen LogP contribution >= 0.6 is 0 Å². The first-order valence-electron chi connectivity index (χ1n) is 7.10. The molecule has 0 amide bonds. The minimum atomic E-state index is -2.12. The Morgan fingerprint density at radius 3 is 2.30 bits per heavy atom. The van der Waals surface area contributed by atoms with Gasteiger partial charge in [-0.2, -0.15) is 0 Å². The largest absolute Gasteiger partial charge is 0.397 e. The number of rotatable bonds is 11. The Bertz CT molecular complexity index is 344. The Morgan fingerprint density at radius 1 is 1.00 bits per heavy atom. The van der Waals surface area contributed by atoms with Crippen LogP contribution in [0.15, 0.2) is 30.3 Å². The van der Waals surface area contributed by atoms with Crippen molar-refractivity contribution < 1.29 is 13.6 Å². The molecule has 1 rings (SSSR count). The molecule has 114 valence electrons. The average molecular weight is 297 g/mol. The molecular formula is C15H27NO3Si. The van der Waals surface area contributed by atoms with Gasteiger partial charge in [-0.1, -0.05) is 30.3 Å². The predicted octanol–water partition coefficient (Wildman–Crippen LogP) is 2.13. The standard InChI is InChI=1S/C15H27NO3Si/c1-17-12-11-16-10-7-13-20(18-2,19-3)14-15-8-5-4-6-9-15/h4-6,8-9,16H,7,10-14H2,1-3H3. The van der Waals surface area contributed by atoms with Crippen LogP contribution in [0.5, 0.6) is 0 Å². The molecule has 1 N–H and O–H groups in total. The Morgan fingerprint density at radius 2 is 1.70 bits per heavy atom. The number of ether oxygens (including phenoxy) is 1. The molecule has 0 heterocycles. The number of methoxy groups -OCH3 is 1. The molecule has 5 heteroatoms. The number of hydrogen-bond acceptors (Lipinski definition) is 4. The van der Waals surface area contributed by atoms with Crippen molar-refractivity contribution in [3.05, 3.63) is 35.9 Å². The van der Waals surface area contributed by atoms with E-state index >= 15 is 0 Å². The lowest BCUT2D eigenvalue weighted by molar-refractivity contribution is 0.199. The van der Waals surface area contributed by atoms with Gasteiger partial charge in [0.15, 0.2) is 0 Å². The maximum atomic E-state index is 5.78. The lowest BCUT2D eigenvalue weighted by Gasteiger charge is -2.27. The zero-order valence-corrected chi connectivity index (χ0v) is 13.9. The summed E-state index contributed by atoms with van der Waals surface area (Å²) in [5.41, 5.74) is 1.29.